The molecule has 1 heterocycles. The molecule has 1 aromatic carbocycles. The van der Waals surface area contributed by atoms with Crippen LogP contribution in [0.25, 0.3) is 0 Å². The van der Waals surface area contributed by atoms with Gasteiger partial charge in [0.2, 0.25) is 15.9 Å². The van der Waals surface area contributed by atoms with Crippen LogP contribution in [0.1, 0.15) is 20.8 Å². The van der Waals surface area contributed by atoms with Gasteiger partial charge in [0.05, 0.1) is 13.1 Å². The van der Waals surface area contributed by atoms with Gasteiger partial charge in [-0.05, 0) is 32.9 Å². The zero-order chi connectivity index (χ0) is 19.0. The van der Waals surface area contributed by atoms with Gasteiger partial charge in [0.1, 0.15) is 21.9 Å². The minimum Gasteiger partial charge on any atom is -0.444 e. The first kappa shape index (κ1) is 19.1. The Morgan fingerprint density at radius 2 is 1.84 bits per heavy atom. The van der Waals surface area contributed by atoms with E-state index in [-0.39, 0.29) is 13.1 Å². The maximum absolute atomic E-state index is 13.8. The number of hydrogen-bond donors (Lipinski definition) is 2. The molecule has 1 fully saturated rings. The van der Waals surface area contributed by atoms with Crippen molar-refractivity contribution in [1.82, 2.24) is 9.62 Å². The third-order valence-electron chi connectivity index (χ3n) is 3.50. The molecule has 8 nitrogen and oxygen atoms in total. The van der Waals surface area contributed by atoms with Crippen molar-refractivity contribution in [2.45, 2.75) is 36.8 Å². The van der Waals surface area contributed by atoms with E-state index in [9.17, 15) is 22.4 Å². The highest BCUT2D eigenvalue weighted by Crippen LogP contribution is 2.26. The van der Waals surface area contributed by atoms with Crippen molar-refractivity contribution in [3.05, 3.63) is 30.1 Å². The van der Waals surface area contributed by atoms with Crippen molar-refractivity contribution >= 4 is 22.0 Å². The molecule has 0 aliphatic carbocycles. The van der Waals surface area contributed by atoms with E-state index in [1.54, 1.807) is 20.8 Å². The van der Waals surface area contributed by atoms with E-state index >= 15 is 0 Å². The Kier molecular flexibility index (Phi) is 4.79. The van der Waals surface area contributed by atoms with Crippen LogP contribution in [-0.2, 0) is 19.6 Å². The quantitative estimate of drug-likeness (QED) is 0.800. The summed E-state index contributed by atoms with van der Waals surface area (Å²) >= 11 is 0. The SMILES string of the molecule is CC(C)(C)OC(=O)N1CC(NS(=O)(=O)c2ccccc2F)(C(N)=O)C1. The van der Waals surface area contributed by atoms with Crippen molar-refractivity contribution in [2.24, 2.45) is 5.73 Å². The molecule has 0 bridgehead atoms. The van der Waals surface area contributed by atoms with E-state index in [1.807, 2.05) is 0 Å². The summed E-state index contributed by atoms with van der Waals surface area (Å²) in [6.07, 6.45) is -0.700. The lowest BCUT2D eigenvalue weighted by Gasteiger charge is -2.47. The molecule has 0 radical (unpaired) electrons. The third kappa shape index (κ3) is 4.07. The normalized spacial score (nSPS) is 16.9. The van der Waals surface area contributed by atoms with Crippen molar-refractivity contribution in [2.75, 3.05) is 13.1 Å². The summed E-state index contributed by atoms with van der Waals surface area (Å²) in [4.78, 5) is 24.3. The fourth-order valence-electron chi connectivity index (χ4n) is 2.31. The van der Waals surface area contributed by atoms with Gasteiger partial charge in [0.15, 0.2) is 0 Å². The van der Waals surface area contributed by atoms with E-state index in [2.05, 4.69) is 4.72 Å². The van der Waals surface area contributed by atoms with Crippen molar-refractivity contribution in [3.8, 4) is 0 Å². The zero-order valence-corrected chi connectivity index (χ0v) is 14.9. The number of carbonyl (C=O) groups excluding carboxylic acids is 2. The van der Waals surface area contributed by atoms with Crippen LogP contribution in [0.2, 0.25) is 0 Å². The molecule has 2 amide bonds. The maximum Gasteiger partial charge on any atom is 0.410 e. The number of nitrogens with zero attached hydrogens (tertiary/aromatic N) is 1. The Hall–Kier alpha value is -2.20. The molecule has 0 spiro atoms. The number of rotatable bonds is 4. The lowest BCUT2D eigenvalue weighted by atomic mass is 9.91. The Balaban J connectivity index is 2.18. The summed E-state index contributed by atoms with van der Waals surface area (Å²) in [6.45, 7) is 4.42. The van der Waals surface area contributed by atoms with Crippen LogP contribution < -0.4 is 10.5 Å². The molecular weight excluding hydrogens is 353 g/mol. The highest BCUT2D eigenvalue weighted by Gasteiger charge is 2.53. The molecule has 0 atom stereocenters. The Morgan fingerprint density at radius 1 is 1.28 bits per heavy atom. The highest BCUT2D eigenvalue weighted by atomic mass is 32.2. The van der Waals surface area contributed by atoms with Gasteiger partial charge in [0.25, 0.3) is 0 Å². The van der Waals surface area contributed by atoms with Crippen molar-refractivity contribution < 1.29 is 27.1 Å². The van der Waals surface area contributed by atoms with Gasteiger partial charge >= 0.3 is 6.09 Å². The van der Waals surface area contributed by atoms with Gasteiger partial charge in [-0.3, -0.25) is 4.79 Å². The van der Waals surface area contributed by atoms with E-state index < -0.39 is 43.9 Å². The number of primary amides is 1. The average molecular weight is 373 g/mol. The smallest absolute Gasteiger partial charge is 0.410 e. The maximum atomic E-state index is 13.8. The van der Waals surface area contributed by atoms with E-state index in [4.69, 9.17) is 10.5 Å². The number of nitrogens with one attached hydrogen (secondary N) is 1. The van der Waals surface area contributed by atoms with Crippen LogP contribution in [-0.4, -0.2) is 49.5 Å². The van der Waals surface area contributed by atoms with Crippen molar-refractivity contribution in [3.63, 3.8) is 0 Å². The van der Waals surface area contributed by atoms with Crippen LogP contribution >= 0.6 is 0 Å². The second-order valence-corrected chi connectivity index (χ2v) is 8.47. The molecule has 138 valence electrons. The minimum atomic E-state index is -4.34. The summed E-state index contributed by atoms with van der Waals surface area (Å²) in [5.74, 6) is -1.93. The van der Waals surface area contributed by atoms with Gasteiger partial charge in [-0.25, -0.2) is 17.6 Å². The highest BCUT2D eigenvalue weighted by molar-refractivity contribution is 7.89. The molecular formula is C15H20FN3O5S. The van der Waals surface area contributed by atoms with E-state index in [1.165, 1.54) is 12.1 Å². The molecule has 1 aliphatic rings. The van der Waals surface area contributed by atoms with Crippen LogP contribution in [0, 0.1) is 5.82 Å². The molecule has 10 heteroatoms. The number of ether oxygens (including phenoxy) is 1. The van der Waals surface area contributed by atoms with E-state index in [0.717, 1.165) is 17.0 Å². The standard InChI is InChI=1S/C15H20FN3O5S/c1-14(2,3)24-13(21)19-8-15(9-19,12(17)20)18-25(22,23)11-7-5-4-6-10(11)16/h4-7,18H,8-9H2,1-3H3,(H2,17,20). The summed E-state index contributed by atoms with van der Waals surface area (Å²) in [5, 5.41) is 0. The number of hydrogen-bond acceptors (Lipinski definition) is 5. The summed E-state index contributed by atoms with van der Waals surface area (Å²) < 4.78 is 45.8. The zero-order valence-electron chi connectivity index (χ0n) is 14.1. The van der Waals surface area contributed by atoms with Crippen LogP contribution in [0.5, 0.6) is 0 Å². The van der Waals surface area contributed by atoms with E-state index in [0.29, 0.717) is 0 Å². The van der Waals surface area contributed by atoms with Crippen LogP contribution in [0.4, 0.5) is 9.18 Å². The number of benzene rings is 1. The topological polar surface area (TPSA) is 119 Å². The second-order valence-electron chi connectivity index (χ2n) is 6.82. The molecule has 1 aromatic rings. The second kappa shape index (κ2) is 6.26. The fourth-order valence-corrected chi connectivity index (χ4v) is 3.74. The molecule has 2 rings (SSSR count). The first-order valence-electron chi connectivity index (χ1n) is 7.43. The molecule has 25 heavy (non-hydrogen) atoms. The number of halogens is 1. The number of likely N-dealkylation sites (tertiary alicyclic amines) is 1. The third-order valence-corrected chi connectivity index (χ3v) is 5.07. The Labute approximate surface area is 145 Å². The van der Waals surface area contributed by atoms with Gasteiger partial charge in [-0.2, -0.15) is 4.72 Å². The lowest BCUT2D eigenvalue weighted by Crippen LogP contribution is -2.76. The Bertz CT molecular complexity index is 798. The van der Waals surface area contributed by atoms with Crippen molar-refractivity contribution in [1.29, 1.82) is 0 Å². The predicted octanol–water partition coefficient (Wildman–Crippen LogP) is 0.579. The average Bonchev–Trinajstić information content (AvgIpc) is 2.40. The van der Waals surface area contributed by atoms with Gasteiger partial charge in [0, 0.05) is 0 Å². The molecule has 1 saturated heterocycles. The van der Waals surface area contributed by atoms with Gasteiger partial charge < -0.3 is 15.4 Å². The van der Waals surface area contributed by atoms with Gasteiger partial charge in [-0.1, -0.05) is 12.1 Å². The molecule has 1 aliphatic heterocycles. The molecule has 0 aromatic heterocycles. The predicted molar refractivity (Wildman–Crippen MR) is 86.5 cm³/mol. The lowest BCUT2D eigenvalue weighted by molar-refractivity contribution is -0.129. The molecule has 3 N–H and O–H groups in total. The Morgan fingerprint density at radius 3 is 2.32 bits per heavy atom. The largest absolute Gasteiger partial charge is 0.444 e. The number of sulfonamides is 1. The number of nitrogens with two attached hydrogens (primary N) is 1. The van der Waals surface area contributed by atoms with Crippen LogP contribution in [0.15, 0.2) is 29.2 Å². The first-order valence-corrected chi connectivity index (χ1v) is 8.91. The van der Waals surface area contributed by atoms with Crippen LogP contribution in [0.3, 0.4) is 0 Å². The first-order chi connectivity index (χ1) is 11.4. The summed E-state index contributed by atoms with van der Waals surface area (Å²) in [7, 11) is -4.34. The summed E-state index contributed by atoms with van der Waals surface area (Å²) in [6, 6.07) is 4.74. The summed E-state index contributed by atoms with van der Waals surface area (Å²) in [5.41, 5.74) is 2.86. The van der Waals surface area contributed by atoms with Gasteiger partial charge in [-0.15, -0.1) is 0 Å². The fraction of sp³-hybridized carbons (Fsp3) is 0.467. The molecule has 0 unspecified atom stereocenters. The molecule has 0 saturated carbocycles. The number of carbonyl (C=O) groups is 2. The minimum absolute atomic E-state index is 0.301. The number of amides is 2. The monoisotopic (exact) mass is 373 g/mol.